The molecular formula is C33H46N15O24P4+. The molecule has 0 bridgehead atoms. The number of phosphoric ester groups is 3. The fraction of sp³-hybridized carbons (Fsp3) is 0.545. The number of methoxy groups -OCH3 is 2. The average molecular weight is 1160 g/mol. The average Bonchev–Trinajstić information content (AvgIpc) is 4.18. The van der Waals surface area contributed by atoms with Gasteiger partial charge < -0.3 is 75.8 Å². The fourth-order valence-corrected chi connectivity index (χ4v) is 13.0. The van der Waals surface area contributed by atoms with Gasteiger partial charge in [-0.25, -0.2) is 42.8 Å². The number of imidazole rings is 3. The van der Waals surface area contributed by atoms with Gasteiger partial charge in [0.2, 0.25) is 17.7 Å². The number of aliphatic hydroxyl groups excluding tert-OH is 3. The highest BCUT2D eigenvalue weighted by molar-refractivity contribution is 7.66. The Hall–Kier alpha value is -5.15. The number of nitrogens with one attached hydrogen (secondary N) is 2. The maximum Gasteiger partial charge on any atom is 0.490 e. The molecule has 3 fully saturated rings. The first-order valence-corrected chi connectivity index (χ1v) is 27.5. The summed E-state index contributed by atoms with van der Waals surface area (Å²) in [5, 5.41) is 32.8. The van der Waals surface area contributed by atoms with E-state index in [-0.39, 0.29) is 51.2 Å². The first-order chi connectivity index (χ1) is 35.7. The lowest BCUT2D eigenvalue weighted by molar-refractivity contribution is -0.745. The van der Waals surface area contributed by atoms with E-state index >= 15 is 0 Å². The number of nitrogens with zero attached hydrogens (tertiary/aromatic N) is 10. The first-order valence-electron chi connectivity index (χ1n) is 21.5. The van der Waals surface area contributed by atoms with Crippen LogP contribution in [0.1, 0.15) is 18.7 Å². The van der Waals surface area contributed by atoms with Gasteiger partial charge in [0.1, 0.15) is 66.8 Å². The highest BCUT2D eigenvalue weighted by Gasteiger charge is 2.54. The SMILES string of the molecule is COC1[C@@H](COP(=O)(O)OP(=O)(O)OP(=O)(O)OC[C@H]2O[C@@H](n3cnc4c(N)ncnc43)[C@@H](OC)C2OP(=O)(O)OC[C@H]2O[C@@H](n3cnc4c(=O)[nH]c(N)nc43)C(O)[C@H]2O)O[C@@H]([n+]2cn(C)c3c(=O)[nH]c(N)nc32)[C@H]1O. The van der Waals surface area contributed by atoms with Gasteiger partial charge >= 0.3 is 36.9 Å². The fourth-order valence-electron chi connectivity index (χ4n) is 8.57. The quantitative estimate of drug-likeness (QED) is 0.0256. The van der Waals surface area contributed by atoms with Crippen LogP contribution < -0.4 is 32.9 Å². The van der Waals surface area contributed by atoms with Crippen molar-refractivity contribution < 1.29 is 108 Å². The van der Waals surface area contributed by atoms with E-state index in [0.29, 0.717) is 0 Å². The number of aromatic nitrogens is 12. The number of anilines is 3. The zero-order valence-corrected chi connectivity index (χ0v) is 42.5. The molecule has 0 radical (unpaired) electrons. The van der Waals surface area contributed by atoms with Gasteiger partial charge in [0, 0.05) is 14.2 Å². The number of nitrogens with two attached hydrogens (primary N) is 3. The smallest absolute Gasteiger partial charge is 0.387 e. The van der Waals surface area contributed by atoms with Gasteiger partial charge in [-0.05, 0) is 0 Å². The number of H-pyrrole nitrogens is 2. The summed E-state index contributed by atoms with van der Waals surface area (Å²) in [6, 6.07) is 0. The molecule has 76 heavy (non-hydrogen) atoms. The number of nitrogen functional groups attached to an aromatic ring is 3. The zero-order chi connectivity index (χ0) is 55.0. The Morgan fingerprint density at radius 2 is 1.22 bits per heavy atom. The lowest BCUT2D eigenvalue weighted by Crippen LogP contribution is -2.46. The molecule has 7 unspecified atom stereocenters. The van der Waals surface area contributed by atoms with Crippen LogP contribution in [-0.4, -0.2) is 177 Å². The maximum atomic E-state index is 13.7. The monoisotopic (exact) mass is 1160 g/mol. The topological polar surface area (TPSA) is 551 Å². The van der Waals surface area contributed by atoms with E-state index in [2.05, 4.69) is 48.5 Å². The minimum atomic E-state index is -6.18. The Morgan fingerprint density at radius 1 is 0.658 bits per heavy atom. The van der Waals surface area contributed by atoms with Crippen molar-refractivity contribution in [3.63, 3.8) is 0 Å². The Kier molecular flexibility index (Phi) is 15.3. The third-order valence-electron chi connectivity index (χ3n) is 11.8. The second-order valence-corrected chi connectivity index (χ2v) is 22.7. The van der Waals surface area contributed by atoms with Crippen molar-refractivity contribution in [3.05, 3.63) is 46.0 Å². The Balaban J connectivity index is 0.866. The molecule has 0 aromatic carbocycles. The van der Waals surface area contributed by atoms with Crippen LogP contribution in [0.2, 0.25) is 0 Å². The number of fused-ring (bicyclic) bond motifs is 3. The van der Waals surface area contributed by atoms with Crippen molar-refractivity contribution >= 4 is 82.5 Å². The summed E-state index contributed by atoms with van der Waals surface area (Å²) < 4.78 is 115. The summed E-state index contributed by atoms with van der Waals surface area (Å²) >= 11 is 0. The molecule has 0 amide bonds. The molecule has 3 aliphatic heterocycles. The van der Waals surface area contributed by atoms with Gasteiger partial charge in [-0.2, -0.15) is 13.6 Å². The molecule has 9 heterocycles. The second kappa shape index (κ2) is 20.9. The van der Waals surface area contributed by atoms with Gasteiger partial charge in [0.15, 0.2) is 41.4 Å². The van der Waals surface area contributed by atoms with Gasteiger partial charge in [0.25, 0.3) is 17.1 Å². The first kappa shape index (κ1) is 55.6. The maximum absolute atomic E-state index is 13.7. The lowest BCUT2D eigenvalue weighted by Gasteiger charge is -2.26. The largest absolute Gasteiger partial charge is 0.490 e. The van der Waals surface area contributed by atoms with Crippen molar-refractivity contribution in [1.29, 1.82) is 0 Å². The van der Waals surface area contributed by atoms with E-state index < -0.39 is 136 Å². The lowest BCUT2D eigenvalue weighted by atomic mass is 10.1. The third-order valence-corrected chi connectivity index (χ3v) is 17.0. The van der Waals surface area contributed by atoms with Gasteiger partial charge in [-0.3, -0.25) is 51.4 Å². The number of aliphatic hydroxyl groups is 3. The molecule has 6 aromatic rings. The predicted octanol–water partition coefficient (Wildman–Crippen LogP) is -4.06. The third kappa shape index (κ3) is 11.0. The Bertz CT molecular complexity index is 3490. The summed E-state index contributed by atoms with van der Waals surface area (Å²) in [6.07, 6.45) is -14.5. The standard InChI is InChI=1S/C33H45N15O24P4/c1-45-10-48(26-16(45)28(53)44-33(36)42-26)30-19(51)20(62-2)12(68-30)5-65-74(56,57)71-76(60,61)72-75(58,59)66-6-13-21(22(63-3)31(69-13)46-8-39-14-23(34)37-7-38-24(14)46)70-73(54,55)64-4-11-17(49)18(50)29(67-11)47-9-40-15-25(47)41-32(35)43-27(15)52/h7-13,17-22,29-31,49-51H,4-6H2,1-3H3,(H11-,34,35,36,37,38,41,42,43,44,52,53,54,55,56,57,58,59,60,61)/p+1/t11-,12-,13-,17+,18?,19+,20?,21?,22+,29-,30-,31-/m1/s1. The number of aromatic amines is 2. The molecular weight excluding hydrogens is 1110 g/mol. The molecule has 3 saturated heterocycles. The summed E-state index contributed by atoms with van der Waals surface area (Å²) in [5.74, 6) is -0.671. The van der Waals surface area contributed by atoms with Gasteiger partial charge in [-0.1, -0.05) is 4.98 Å². The van der Waals surface area contributed by atoms with E-state index in [4.69, 9.17) is 59.0 Å². The van der Waals surface area contributed by atoms with Crippen LogP contribution in [0.15, 0.2) is 34.9 Å². The van der Waals surface area contributed by atoms with E-state index in [0.717, 1.165) is 37.8 Å². The van der Waals surface area contributed by atoms with Crippen LogP contribution >= 0.6 is 31.3 Å². The molecule has 0 aliphatic carbocycles. The van der Waals surface area contributed by atoms with Crippen LogP contribution in [0.25, 0.3) is 33.5 Å². The van der Waals surface area contributed by atoms with Crippen molar-refractivity contribution in [2.45, 2.75) is 73.6 Å². The molecule has 39 nitrogen and oxygen atoms in total. The van der Waals surface area contributed by atoms with Crippen molar-refractivity contribution in [2.75, 3.05) is 51.2 Å². The highest BCUT2D eigenvalue weighted by Crippen LogP contribution is 2.68. The van der Waals surface area contributed by atoms with E-state index in [1.54, 1.807) is 0 Å². The number of ether oxygens (including phenoxy) is 5. The van der Waals surface area contributed by atoms with Crippen LogP contribution in [0.3, 0.4) is 0 Å². The van der Waals surface area contributed by atoms with Crippen LogP contribution in [0.4, 0.5) is 17.7 Å². The van der Waals surface area contributed by atoms with Crippen LogP contribution in [0, 0.1) is 0 Å². The van der Waals surface area contributed by atoms with Crippen molar-refractivity contribution in [2.24, 2.45) is 7.05 Å². The van der Waals surface area contributed by atoms with Crippen LogP contribution in [0.5, 0.6) is 0 Å². The van der Waals surface area contributed by atoms with E-state index in [9.17, 15) is 62.7 Å². The predicted molar refractivity (Wildman–Crippen MR) is 244 cm³/mol. The Morgan fingerprint density at radius 3 is 1.88 bits per heavy atom. The van der Waals surface area contributed by atoms with Crippen LogP contribution in [-0.2, 0) is 75.7 Å². The summed E-state index contributed by atoms with van der Waals surface area (Å²) in [6.45, 7) is -3.25. The minimum absolute atomic E-state index is 0.0137. The molecule has 0 spiro atoms. The molecule has 0 saturated carbocycles. The summed E-state index contributed by atoms with van der Waals surface area (Å²) in [7, 11) is -19.7. The van der Waals surface area contributed by atoms with Crippen molar-refractivity contribution in [3.8, 4) is 0 Å². The molecule has 9 rings (SSSR count). The Labute approximate surface area is 421 Å². The van der Waals surface area contributed by atoms with Crippen molar-refractivity contribution in [1.82, 2.24) is 53.6 Å². The number of aryl methyl sites for hydroxylation is 1. The minimum Gasteiger partial charge on any atom is -0.387 e. The molecule has 16 atom stereocenters. The second-order valence-electron chi connectivity index (χ2n) is 16.7. The molecule has 43 heteroatoms. The molecule has 3 aliphatic rings. The van der Waals surface area contributed by atoms with Gasteiger partial charge in [0.05, 0.1) is 39.5 Å². The zero-order valence-electron chi connectivity index (χ0n) is 38.9. The van der Waals surface area contributed by atoms with E-state index in [1.165, 1.54) is 27.1 Å². The van der Waals surface area contributed by atoms with Gasteiger partial charge in [-0.15, -0.1) is 0 Å². The molecule has 6 aromatic heterocycles. The molecule has 15 N–H and O–H groups in total. The number of hydrogen-bond donors (Lipinski definition) is 12. The number of hydrogen-bond acceptors (Lipinski definition) is 29. The number of phosphoric acid groups is 4. The summed E-state index contributed by atoms with van der Waals surface area (Å²) in [5.41, 5.74) is 15.6. The molecule has 416 valence electrons. The summed E-state index contributed by atoms with van der Waals surface area (Å²) in [4.78, 5) is 96.1. The van der Waals surface area contributed by atoms with E-state index in [1.807, 2.05) is 0 Å². The number of rotatable bonds is 20. The highest BCUT2D eigenvalue weighted by atomic mass is 31.3. The normalized spacial score (nSPS) is 30.2.